The van der Waals surface area contributed by atoms with Crippen molar-refractivity contribution in [3.05, 3.63) is 47.7 Å². The van der Waals surface area contributed by atoms with E-state index in [2.05, 4.69) is 10.5 Å². The van der Waals surface area contributed by atoms with Gasteiger partial charge in [-0.1, -0.05) is 56.3 Å². The Hall–Kier alpha value is -2.14. The first-order valence-electron chi connectivity index (χ1n) is 7.34. The number of benzene rings is 1. The molecule has 5 heteroatoms. The Balaban J connectivity index is 1.86. The highest BCUT2D eigenvalue weighted by Gasteiger charge is 2.19. The van der Waals surface area contributed by atoms with Gasteiger partial charge in [0.15, 0.2) is 0 Å². The van der Waals surface area contributed by atoms with Gasteiger partial charge in [0.2, 0.25) is 11.8 Å². The van der Waals surface area contributed by atoms with Crippen molar-refractivity contribution in [2.45, 2.75) is 32.7 Å². The van der Waals surface area contributed by atoms with Gasteiger partial charge < -0.3 is 4.52 Å². The third-order valence-corrected chi connectivity index (χ3v) is 3.25. The van der Waals surface area contributed by atoms with Crippen LogP contribution in [0, 0.1) is 0 Å². The molecule has 1 aromatic heterocycles. The van der Waals surface area contributed by atoms with Crippen molar-refractivity contribution in [1.82, 2.24) is 10.1 Å². The van der Waals surface area contributed by atoms with Crippen LogP contribution in [0.3, 0.4) is 0 Å². The fraction of sp³-hybridized carbons (Fsp3) is 0.412. The first kappa shape index (κ1) is 16.2. The second-order valence-electron chi connectivity index (χ2n) is 6.53. The van der Waals surface area contributed by atoms with Crippen molar-refractivity contribution in [1.29, 1.82) is 0 Å². The molecule has 0 aliphatic heterocycles. The number of carbonyl (C=O) groups is 1. The predicted octanol–water partition coefficient (Wildman–Crippen LogP) is 3.04. The van der Waals surface area contributed by atoms with E-state index < -0.39 is 0 Å². The van der Waals surface area contributed by atoms with E-state index in [1.165, 1.54) is 5.56 Å². The average molecular weight is 301 g/mol. The molecule has 0 saturated heterocycles. The Bertz CT molecular complexity index is 614. The molecule has 22 heavy (non-hydrogen) atoms. The van der Waals surface area contributed by atoms with Crippen molar-refractivity contribution in [3.63, 3.8) is 0 Å². The van der Waals surface area contributed by atoms with Gasteiger partial charge in [0.25, 0.3) is 0 Å². The molecule has 1 N–H and O–H groups in total. The van der Waals surface area contributed by atoms with Crippen LogP contribution in [0.2, 0.25) is 0 Å². The molecule has 2 rings (SSSR count). The van der Waals surface area contributed by atoms with E-state index in [0.29, 0.717) is 12.4 Å². The Labute approximate surface area is 131 Å². The molecule has 118 valence electrons. The molecule has 5 nitrogen and oxygen atoms in total. The van der Waals surface area contributed by atoms with E-state index in [4.69, 9.17) is 4.52 Å². The van der Waals surface area contributed by atoms with Crippen LogP contribution in [0.4, 0.5) is 5.88 Å². The monoisotopic (exact) mass is 301 g/mol. The summed E-state index contributed by atoms with van der Waals surface area (Å²) >= 11 is 0. The average Bonchev–Trinajstić information content (AvgIpc) is 2.87. The lowest BCUT2D eigenvalue weighted by molar-refractivity contribution is -0.117. The highest BCUT2D eigenvalue weighted by Crippen LogP contribution is 2.23. The van der Waals surface area contributed by atoms with Gasteiger partial charge in [-0.25, -0.2) is 0 Å². The fourth-order valence-corrected chi connectivity index (χ4v) is 2.06. The lowest BCUT2D eigenvalue weighted by atomic mass is 9.92. The van der Waals surface area contributed by atoms with Crippen LogP contribution in [0.25, 0.3) is 0 Å². The molecule has 0 fully saturated rings. The molecule has 1 aromatic carbocycles. The summed E-state index contributed by atoms with van der Waals surface area (Å²) in [6, 6.07) is 11.8. The number of aromatic nitrogens is 1. The summed E-state index contributed by atoms with van der Waals surface area (Å²) < 4.78 is 5.16. The minimum absolute atomic E-state index is 0.101. The number of carbonyl (C=O) groups excluding carboxylic acids is 1. The van der Waals surface area contributed by atoms with E-state index in [9.17, 15) is 4.79 Å². The quantitative estimate of drug-likeness (QED) is 0.922. The van der Waals surface area contributed by atoms with Crippen LogP contribution in [0.5, 0.6) is 0 Å². The summed E-state index contributed by atoms with van der Waals surface area (Å²) in [7, 11) is 1.91. The van der Waals surface area contributed by atoms with E-state index in [0.717, 1.165) is 12.2 Å². The van der Waals surface area contributed by atoms with Gasteiger partial charge in [-0.2, -0.15) is 0 Å². The first-order chi connectivity index (χ1) is 10.3. The summed E-state index contributed by atoms with van der Waals surface area (Å²) in [4.78, 5) is 14.0. The number of amides is 1. The van der Waals surface area contributed by atoms with E-state index in [1.54, 1.807) is 6.07 Å². The van der Waals surface area contributed by atoms with Gasteiger partial charge in [-0.3, -0.25) is 15.0 Å². The summed E-state index contributed by atoms with van der Waals surface area (Å²) in [6.45, 7) is 7.15. The molecule has 0 atom stereocenters. The van der Waals surface area contributed by atoms with Gasteiger partial charge in [-0.15, -0.1) is 0 Å². The van der Waals surface area contributed by atoms with Crippen molar-refractivity contribution in [2.24, 2.45) is 0 Å². The summed E-state index contributed by atoms with van der Waals surface area (Å²) in [5.41, 5.74) is 1.89. The van der Waals surface area contributed by atoms with Gasteiger partial charge in [0.1, 0.15) is 0 Å². The molecule has 0 unspecified atom stereocenters. The maximum Gasteiger partial charge on any atom is 0.240 e. The third-order valence-electron chi connectivity index (χ3n) is 3.25. The number of hydrogen-bond donors (Lipinski definition) is 1. The molecule has 0 radical (unpaired) electrons. The topological polar surface area (TPSA) is 58.4 Å². The molecule has 0 aliphatic carbocycles. The second-order valence-corrected chi connectivity index (χ2v) is 6.53. The van der Waals surface area contributed by atoms with Crippen LogP contribution in [0.1, 0.15) is 32.0 Å². The molecule has 1 heterocycles. The van der Waals surface area contributed by atoms with Crippen LogP contribution in [0.15, 0.2) is 40.9 Å². The standard InChI is InChI=1S/C17H23N3O2/c1-17(2,3)14-10-16(22-19-14)18-15(21)12-20(4)11-13-8-6-5-7-9-13/h5-10H,11-12H2,1-4H3,(H,18,21). The maximum absolute atomic E-state index is 12.0. The van der Waals surface area contributed by atoms with Crippen molar-refractivity contribution in [2.75, 3.05) is 18.9 Å². The third kappa shape index (κ3) is 4.70. The molecule has 0 aliphatic rings. The number of anilines is 1. The van der Waals surface area contributed by atoms with E-state index in [1.807, 2.05) is 63.1 Å². The van der Waals surface area contributed by atoms with Crippen molar-refractivity contribution < 1.29 is 9.32 Å². The SMILES string of the molecule is CN(CC(=O)Nc1cc(C(C)(C)C)no1)Cc1ccccc1. The largest absolute Gasteiger partial charge is 0.338 e. The molecule has 1 amide bonds. The zero-order valence-electron chi connectivity index (χ0n) is 13.6. The first-order valence-corrected chi connectivity index (χ1v) is 7.34. The molecular formula is C17H23N3O2. The summed E-state index contributed by atoms with van der Waals surface area (Å²) in [6.07, 6.45) is 0. The highest BCUT2D eigenvalue weighted by atomic mass is 16.5. The Morgan fingerprint density at radius 2 is 1.95 bits per heavy atom. The Morgan fingerprint density at radius 1 is 1.27 bits per heavy atom. The molecule has 2 aromatic rings. The zero-order valence-corrected chi connectivity index (χ0v) is 13.6. The van der Waals surface area contributed by atoms with Gasteiger partial charge in [-0.05, 0) is 12.6 Å². The lowest BCUT2D eigenvalue weighted by Crippen LogP contribution is -2.29. The second kappa shape index (κ2) is 6.75. The normalized spacial score (nSPS) is 11.7. The minimum Gasteiger partial charge on any atom is -0.338 e. The Morgan fingerprint density at radius 3 is 2.55 bits per heavy atom. The highest BCUT2D eigenvalue weighted by molar-refractivity contribution is 5.90. The summed E-state index contributed by atoms with van der Waals surface area (Å²) in [5.74, 6) is 0.276. The van der Waals surface area contributed by atoms with Crippen LogP contribution in [-0.4, -0.2) is 29.6 Å². The predicted molar refractivity (Wildman–Crippen MR) is 86.6 cm³/mol. The smallest absolute Gasteiger partial charge is 0.240 e. The number of nitrogens with zero attached hydrogens (tertiary/aromatic N) is 2. The molecule has 0 saturated carbocycles. The number of rotatable bonds is 5. The number of likely N-dealkylation sites (N-methyl/N-ethyl adjacent to an activating group) is 1. The van der Waals surface area contributed by atoms with Gasteiger partial charge in [0, 0.05) is 18.0 Å². The number of nitrogens with one attached hydrogen (secondary N) is 1. The van der Waals surface area contributed by atoms with E-state index >= 15 is 0 Å². The summed E-state index contributed by atoms with van der Waals surface area (Å²) in [5, 5.41) is 6.73. The molecule has 0 bridgehead atoms. The maximum atomic E-state index is 12.0. The Kier molecular flexibility index (Phi) is 4.98. The lowest BCUT2D eigenvalue weighted by Gasteiger charge is -2.15. The zero-order chi connectivity index (χ0) is 16.2. The van der Waals surface area contributed by atoms with Crippen LogP contribution >= 0.6 is 0 Å². The van der Waals surface area contributed by atoms with Crippen molar-refractivity contribution in [3.8, 4) is 0 Å². The molecule has 0 spiro atoms. The van der Waals surface area contributed by atoms with Gasteiger partial charge in [0.05, 0.1) is 12.2 Å². The number of hydrogen-bond acceptors (Lipinski definition) is 4. The minimum atomic E-state index is -0.116. The molecular weight excluding hydrogens is 278 g/mol. The van der Waals surface area contributed by atoms with Crippen LogP contribution < -0.4 is 5.32 Å². The van der Waals surface area contributed by atoms with Gasteiger partial charge >= 0.3 is 0 Å². The fourth-order valence-electron chi connectivity index (χ4n) is 2.06. The van der Waals surface area contributed by atoms with Crippen molar-refractivity contribution >= 4 is 11.8 Å². The van der Waals surface area contributed by atoms with Crippen LogP contribution in [-0.2, 0) is 16.8 Å². The van der Waals surface area contributed by atoms with E-state index in [-0.39, 0.29) is 11.3 Å².